The van der Waals surface area contributed by atoms with E-state index in [0.717, 1.165) is 25.7 Å². The van der Waals surface area contributed by atoms with Gasteiger partial charge in [0.15, 0.2) is 0 Å². The fourth-order valence-corrected chi connectivity index (χ4v) is 3.41. The molecule has 1 fully saturated rings. The lowest BCUT2D eigenvalue weighted by Gasteiger charge is -2.19. The molecule has 0 aromatic carbocycles. The molecule has 0 aliphatic heterocycles. The van der Waals surface area contributed by atoms with Crippen LogP contribution in [0.2, 0.25) is 0 Å². The molecular formula is C20H34O5. The van der Waals surface area contributed by atoms with Gasteiger partial charge in [0.1, 0.15) is 0 Å². The summed E-state index contributed by atoms with van der Waals surface area (Å²) in [7, 11) is 0. The van der Waals surface area contributed by atoms with Crippen molar-refractivity contribution in [3.63, 3.8) is 0 Å². The molecule has 144 valence electrons. The predicted octanol–water partition coefficient (Wildman–Crippen LogP) is 3.04. The normalized spacial score (nSPS) is 28.2. The fourth-order valence-electron chi connectivity index (χ4n) is 3.41. The number of aliphatic hydroxyl groups is 3. The van der Waals surface area contributed by atoms with Gasteiger partial charge in [-0.25, -0.2) is 0 Å². The van der Waals surface area contributed by atoms with E-state index in [-0.39, 0.29) is 18.3 Å². The molecule has 0 radical (unpaired) electrons. The average Bonchev–Trinajstić information content (AvgIpc) is 2.82. The largest absolute Gasteiger partial charge is 0.481 e. The number of unbranched alkanes of at least 4 members (excludes halogenated alkanes) is 3. The Bertz CT molecular complexity index is 432. The molecule has 1 saturated carbocycles. The zero-order valence-electron chi connectivity index (χ0n) is 15.3. The van der Waals surface area contributed by atoms with Crippen LogP contribution in [-0.4, -0.2) is 44.7 Å². The van der Waals surface area contributed by atoms with E-state index in [1.165, 1.54) is 0 Å². The van der Waals surface area contributed by atoms with Gasteiger partial charge in [-0.15, -0.1) is 0 Å². The molecule has 0 saturated heterocycles. The summed E-state index contributed by atoms with van der Waals surface area (Å²) in [4.78, 5) is 10.5. The number of hydrogen-bond acceptors (Lipinski definition) is 4. The van der Waals surface area contributed by atoms with Crippen LogP contribution in [-0.2, 0) is 4.79 Å². The molecule has 1 aliphatic rings. The summed E-state index contributed by atoms with van der Waals surface area (Å²) in [6.07, 6.45) is 12.3. The molecule has 5 nitrogen and oxygen atoms in total. The molecule has 0 spiro atoms. The highest BCUT2D eigenvalue weighted by atomic mass is 16.4. The number of carboxylic acid groups (broad SMARTS) is 1. The van der Waals surface area contributed by atoms with Crippen LogP contribution >= 0.6 is 0 Å². The first kappa shape index (κ1) is 21.9. The van der Waals surface area contributed by atoms with Crippen molar-refractivity contribution >= 4 is 5.97 Å². The summed E-state index contributed by atoms with van der Waals surface area (Å²) in [5.41, 5.74) is 0. The molecule has 1 aliphatic carbocycles. The number of aliphatic carboxylic acids is 1. The van der Waals surface area contributed by atoms with Crippen molar-refractivity contribution in [2.75, 3.05) is 0 Å². The second-order valence-corrected chi connectivity index (χ2v) is 7.05. The molecule has 0 bridgehead atoms. The predicted molar refractivity (Wildman–Crippen MR) is 98.1 cm³/mol. The molecule has 1 rings (SSSR count). The first-order valence-corrected chi connectivity index (χ1v) is 9.55. The molecule has 0 amide bonds. The van der Waals surface area contributed by atoms with Crippen LogP contribution in [0.25, 0.3) is 0 Å². The Hall–Kier alpha value is -1.17. The van der Waals surface area contributed by atoms with E-state index < -0.39 is 24.3 Å². The van der Waals surface area contributed by atoms with Crippen molar-refractivity contribution in [2.45, 2.75) is 83.0 Å². The third kappa shape index (κ3) is 8.66. The number of allylic oxidation sites excluding steroid dienone is 2. The van der Waals surface area contributed by atoms with Crippen LogP contribution in [0.15, 0.2) is 24.3 Å². The highest BCUT2D eigenvalue weighted by Crippen LogP contribution is 2.36. The van der Waals surface area contributed by atoms with E-state index >= 15 is 0 Å². The van der Waals surface area contributed by atoms with E-state index in [0.29, 0.717) is 25.7 Å². The summed E-state index contributed by atoms with van der Waals surface area (Å²) in [6.45, 7) is 2.12. The zero-order chi connectivity index (χ0) is 18.7. The van der Waals surface area contributed by atoms with E-state index in [2.05, 4.69) is 6.92 Å². The summed E-state index contributed by atoms with van der Waals surface area (Å²) >= 11 is 0. The maximum absolute atomic E-state index is 10.5. The van der Waals surface area contributed by atoms with Gasteiger partial charge in [-0.2, -0.15) is 0 Å². The van der Waals surface area contributed by atoms with Gasteiger partial charge in [0, 0.05) is 18.8 Å². The zero-order valence-corrected chi connectivity index (χ0v) is 15.3. The molecule has 0 heterocycles. The van der Waals surface area contributed by atoms with E-state index in [1.54, 1.807) is 6.08 Å². The van der Waals surface area contributed by atoms with Gasteiger partial charge < -0.3 is 20.4 Å². The SMILES string of the molecule is CCCCC[C@H](O)/C=C/C1C(C/C=C\CCCC(=O)O)[C@H](O)C[C@@H]1O. The minimum absolute atomic E-state index is 0.0650. The minimum Gasteiger partial charge on any atom is -0.481 e. The van der Waals surface area contributed by atoms with Crippen LogP contribution in [0, 0.1) is 11.8 Å². The summed E-state index contributed by atoms with van der Waals surface area (Å²) < 4.78 is 0. The number of hydrogen-bond donors (Lipinski definition) is 4. The first-order chi connectivity index (χ1) is 12.0. The molecular weight excluding hydrogens is 320 g/mol. The number of carbonyl (C=O) groups is 1. The third-order valence-corrected chi connectivity index (χ3v) is 4.91. The minimum atomic E-state index is -0.787. The number of rotatable bonds is 12. The topological polar surface area (TPSA) is 98.0 Å². The van der Waals surface area contributed by atoms with E-state index in [1.807, 2.05) is 18.2 Å². The monoisotopic (exact) mass is 354 g/mol. The second-order valence-electron chi connectivity index (χ2n) is 7.05. The van der Waals surface area contributed by atoms with Gasteiger partial charge in [-0.05, 0) is 31.6 Å². The van der Waals surface area contributed by atoms with Crippen LogP contribution in [0.3, 0.4) is 0 Å². The third-order valence-electron chi connectivity index (χ3n) is 4.91. The van der Waals surface area contributed by atoms with Crippen LogP contribution < -0.4 is 0 Å². The van der Waals surface area contributed by atoms with Gasteiger partial charge >= 0.3 is 5.97 Å². The van der Waals surface area contributed by atoms with E-state index in [4.69, 9.17) is 5.11 Å². The van der Waals surface area contributed by atoms with Crippen molar-refractivity contribution in [2.24, 2.45) is 11.8 Å². The maximum Gasteiger partial charge on any atom is 0.303 e. The average molecular weight is 354 g/mol. The Morgan fingerprint density at radius 3 is 2.60 bits per heavy atom. The lowest BCUT2D eigenvalue weighted by molar-refractivity contribution is -0.137. The molecule has 4 N–H and O–H groups in total. The van der Waals surface area contributed by atoms with Gasteiger partial charge in [0.2, 0.25) is 0 Å². The highest BCUT2D eigenvalue weighted by Gasteiger charge is 2.39. The van der Waals surface area contributed by atoms with Gasteiger partial charge in [0.05, 0.1) is 18.3 Å². The molecule has 2 unspecified atom stereocenters. The molecule has 5 atom stereocenters. The lowest BCUT2D eigenvalue weighted by atomic mass is 9.89. The van der Waals surface area contributed by atoms with Crippen LogP contribution in [0.5, 0.6) is 0 Å². The van der Waals surface area contributed by atoms with Crippen LogP contribution in [0.4, 0.5) is 0 Å². The second kappa shape index (κ2) is 12.2. The standard InChI is InChI=1S/C20H34O5/c1-2-3-6-9-15(21)12-13-17-16(18(22)14-19(17)23)10-7-4-5-8-11-20(24)25/h4,7,12-13,15-19,21-23H,2-3,5-6,8-11,14H2,1H3,(H,24,25)/b7-4-,13-12+/t15-,16?,17?,18+,19-/m0/s1. The first-order valence-electron chi connectivity index (χ1n) is 9.55. The Kier molecular flexibility index (Phi) is 10.7. The Morgan fingerprint density at radius 2 is 1.92 bits per heavy atom. The van der Waals surface area contributed by atoms with Crippen molar-refractivity contribution in [1.29, 1.82) is 0 Å². The Morgan fingerprint density at radius 1 is 1.16 bits per heavy atom. The number of carboxylic acids is 1. The molecule has 0 aromatic heterocycles. The van der Waals surface area contributed by atoms with Crippen molar-refractivity contribution in [1.82, 2.24) is 0 Å². The van der Waals surface area contributed by atoms with Gasteiger partial charge in [-0.1, -0.05) is 50.5 Å². The Balaban J connectivity index is 2.46. The van der Waals surface area contributed by atoms with Crippen LogP contribution in [0.1, 0.15) is 64.7 Å². The van der Waals surface area contributed by atoms with Crippen molar-refractivity contribution in [3.8, 4) is 0 Å². The quantitative estimate of drug-likeness (QED) is 0.319. The lowest BCUT2D eigenvalue weighted by Crippen LogP contribution is -2.20. The molecule has 25 heavy (non-hydrogen) atoms. The highest BCUT2D eigenvalue weighted by molar-refractivity contribution is 5.66. The number of aliphatic hydroxyl groups excluding tert-OH is 3. The molecule has 5 heteroatoms. The summed E-state index contributed by atoms with van der Waals surface area (Å²) in [5.74, 6) is -1.00. The maximum atomic E-state index is 10.5. The molecule has 0 aromatic rings. The summed E-state index contributed by atoms with van der Waals surface area (Å²) in [5, 5.41) is 39.0. The fraction of sp³-hybridized carbons (Fsp3) is 0.750. The van der Waals surface area contributed by atoms with Gasteiger partial charge in [0.25, 0.3) is 0 Å². The summed E-state index contributed by atoms with van der Waals surface area (Å²) in [6, 6.07) is 0. The van der Waals surface area contributed by atoms with E-state index in [9.17, 15) is 20.1 Å². The smallest absolute Gasteiger partial charge is 0.303 e. The van der Waals surface area contributed by atoms with Crippen molar-refractivity contribution in [3.05, 3.63) is 24.3 Å². The van der Waals surface area contributed by atoms with Crippen molar-refractivity contribution < 1.29 is 25.2 Å². The van der Waals surface area contributed by atoms with Gasteiger partial charge in [-0.3, -0.25) is 4.79 Å². The Labute approximate surface area is 151 Å².